The summed E-state index contributed by atoms with van der Waals surface area (Å²) >= 11 is 5.75. The highest BCUT2D eigenvalue weighted by molar-refractivity contribution is 6.32. The number of halogens is 1. The molecule has 0 aliphatic heterocycles. The lowest BCUT2D eigenvalue weighted by atomic mass is 10.2. The highest BCUT2D eigenvalue weighted by atomic mass is 35.5. The standard InChI is InChI=1S/C11H8ClN5O3/c1-20-6-11-9(5-13)14-15-16(11)7-2-3-8(12)10(4-7)17(18)19/h2-4H,6H2,1H3. The van der Waals surface area contributed by atoms with Crippen molar-refractivity contribution in [3.05, 3.63) is 44.7 Å². The Morgan fingerprint density at radius 2 is 2.35 bits per heavy atom. The molecule has 0 atom stereocenters. The van der Waals surface area contributed by atoms with Gasteiger partial charge >= 0.3 is 0 Å². The Hall–Kier alpha value is -2.50. The first-order valence-corrected chi connectivity index (χ1v) is 5.74. The highest BCUT2D eigenvalue weighted by Gasteiger charge is 2.18. The SMILES string of the molecule is COCc1c(C#N)nnn1-c1ccc(Cl)c([N+](=O)[O-])c1. The summed E-state index contributed by atoms with van der Waals surface area (Å²) in [5.74, 6) is 0. The average molecular weight is 294 g/mol. The molecule has 0 saturated carbocycles. The van der Waals surface area contributed by atoms with Crippen LogP contribution in [0.5, 0.6) is 0 Å². The fraction of sp³-hybridized carbons (Fsp3) is 0.182. The van der Waals surface area contributed by atoms with Gasteiger partial charge in [0, 0.05) is 13.2 Å². The Labute approximate surface area is 118 Å². The monoisotopic (exact) mass is 293 g/mol. The number of hydrogen-bond donors (Lipinski definition) is 0. The summed E-state index contributed by atoms with van der Waals surface area (Å²) in [6, 6.07) is 6.08. The number of nitro benzene ring substituents is 1. The first kappa shape index (κ1) is 13.9. The Morgan fingerprint density at radius 1 is 1.60 bits per heavy atom. The predicted octanol–water partition coefficient (Wildman–Crippen LogP) is 1.85. The summed E-state index contributed by atoms with van der Waals surface area (Å²) in [7, 11) is 1.46. The highest BCUT2D eigenvalue weighted by Crippen LogP contribution is 2.27. The minimum absolute atomic E-state index is 0.0210. The van der Waals surface area contributed by atoms with E-state index < -0.39 is 4.92 Å². The van der Waals surface area contributed by atoms with Crippen LogP contribution >= 0.6 is 11.6 Å². The lowest BCUT2D eigenvalue weighted by Gasteiger charge is -2.06. The molecule has 0 spiro atoms. The van der Waals surface area contributed by atoms with E-state index in [1.165, 1.54) is 23.9 Å². The average Bonchev–Trinajstić information content (AvgIpc) is 2.82. The fourth-order valence-electron chi connectivity index (χ4n) is 1.63. The maximum atomic E-state index is 10.9. The van der Waals surface area contributed by atoms with Gasteiger partial charge in [0.2, 0.25) is 0 Å². The fourth-order valence-corrected chi connectivity index (χ4v) is 1.82. The first-order chi connectivity index (χ1) is 9.58. The van der Waals surface area contributed by atoms with Gasteiger partial charge in [-0.1, -0.05) is 16.8 Å². The van der Waals surface area contributed by atoms with Crippen LogP contribution in [-0.4, -0.2) is 27.0 Å². The molecule has 0 N–H and O–H groups in total. The van der Waals surface area contributed by atoms with E-state index >= 15 is 0 Å². The second kappa shape index (κ2) is 5.64. The lowest BCUT2D eigenvalue weighted by Crippen LogP contribution is -2.05. The number of hydrogen-bond acceptors (Lipinski definition) is 6. The molecular weight excluding hydrogens is 286 g/mol. The summed E-state index contributed by atoms with van der Waals surface area (Å²) in [6.07, 6.45) is 0. The Balaban J connectivity index is 2.57. The zero-order valence-electron chi connectivity index (χ0n) is 10.3. The third-order valence-electron chi connectivity index (χ3n) is 2.52. The van der Waals surface area contributed by atoms with Crippen molar-refractivity contribution in [2.45, 2.75) is 6.61 Å². The van der Waals surface area contributed by atoms with Gasteiger partial charge in [-0.3, -0.25) is 10.1 Å². The normalized spacial score (nSPS) is 10.2. The molecule has 0 aliphatic rings. The van der Waals surface area contributed by atoms with Crippen LogP contribution < -0.4 is 0 Å². The molecule has 2 aromatic rings. The van der Waals surface area contributed by atoms with Gasteiger partial charge in [0.05, 0.1) is 17.2 Å². The van der Waals surface area contributed by atoms with E-state index in [4.69, 9.17) is 21.6 Å². The van der Waals surface area contributed by atoms with Crippen molar-refractivity contribution in [2.75, 3.05) is 7.11 Å². The van der Waals surface area contributed by atoms with Gasteiger partial charge in [-0.15, -0.1) is 5.10 Å². The van der Waals surface area contributed by atoms with Crippen molar-refractivity contribution < 1.29 is 9.66 Å². The van der Waals surface area contributed by atoms with Crippen LogP contribution in [0.15, 0.2) is 18.2 Å². The Morgan fingerprint density at radius 3 is 2.95 bits per heavy atom. The zero-order chi connectivity index (χ0) is 14.7. The summed E-state index contributed by atoms with van der Waals surface area (Å²) in [5, 5.41) is 27.3. The number of nitrogens with zero attached hydrogens (tertiary/aromatic N) is 5. The van der Waals surface area contributed by atoms with E-state index in [2.05, 4.69) is 10.3 Å². The molecule has 0 saturated heterocycles. The molecule has 9 heteroatoms. The predicted molar refractivity (Wildman–Crippen MR) is 68.5 cm³/mol. The summed E-state index contributed by atoms with van der Waals surface area (Å²) < 4.78 is 6.29. The molecule has 0 bridgehead atoms. The van der Waals surface area contributed by atoms with Crippen LogP contribution in [0.25, 0.3) is 5.69 Å². The van der Waals surface area contributed by atoms with Crippen molar-refractivity contribution in [3.63, 3.8) is 0 Å². The van der Waals surface area contributed by atoms with Gasteiger partial charge in [-0.05, 0) is 12.1 Å². The van der Waals surface area contributed by atoms with Crippen molar-refractivity contribution in [1.29, 1.82) is 5.26 Å². The zero-order valence-corrected chi connectivity index (χ0v) is 11.0. The summed E-state index contributed by atoms with van der Waals surface area (Å²) in [5.41, 5.74) is 0.639. The minimum atomic E-state index is -0.593. The largest absolute Gasteiger partial charge is 0.378 e. The molecule has 0 amide bonds. The molecule has 1 aromatic heterocycles. The molecule has 102 valence electrons. The van der Waals surface area contributed by atoms with Gasteiger partial charge in [0.25, 0.3) is 5.69 Å². The maximum Gasteiger partial charge on any atom is 0.290 e. The molecule has 0 radical (unpaired) electrons. The van der Waals surface area contributed by atoms with Crippen LogP contribution in [0.3, 0.4) is 0 Å². The molecule has 1 heterocycles. The third kappa shape index (κ3) is 2.45. The van der Waals surface area contributed by atoms with Crippen LogP contribution in [-0.2, 0) is 11.3 Å². The molecule has 8 nitrogen and oxygen atoms in total. The molecule has 20 heavy (non-hydrogen) atoms. The topological polar surface area (TPSA) is 107 Å². The van der Waals surface area contributed by atoms with E-state index in [1.54, 1.807) is 6.07 Å². The molecule has 0 aliphatic carbocycles. The van der Waals surface area contributed by atoms with E-state index in [1.807, 2.05) is 6.07 Å². The smallest absolute Gasteiger partial charge is 0.290 e. The number of rotatable bonds is 4. The first-order valence-electron chi connectivity index (χ1n) is 5.36. The number of ether oxygens (including phenoxy) is 1. The molecule has 0 fully saturated rings. The van der Waals surface area contributed by atoms with E-state index in [0.29, 0.717) is 11.4 Å². The number of aromatic nitrogens is 3. The molecule has 0 unspecified atom stereocenters. The van der Waals surface area contributed by atoms with Crippen LogP contribution in [0.4, 0.5) is 5.69 Å². The van der Waals surface area contributed by atoms with E-state index in [9.17, 15) is 10.1 Å². The summed E-state index contributed by atoms with van der Waals surface area (Å²) in [6.45, 7) is 0.103. The molecular formula is C11H8ClN5O3. The number of benzene rings is 1. The lowest BCUT2D eigenvalue weighted by molar-refractivity contribution is -0.384. The summed E-state index contributed by atoms with van der Waals surface area (Å²) in [4.78, 5) is 10.3. The van der Waals surface area contributed by atoms with Crippen molar-refractivity contribution in [2.24, 2.45) is 0 Å². The quantitative estimate of drug-likeness (QED) is 0.629. The second-order valence-electron chi connectivity index (χ2n) is 3.73. The Bertz CT molecular complexity index is 707. The van der Waals surface area contributed by atoms with Gasteiger partial charge in [-0.2, -0.15) is 5.26 Å². The number of nitro groups is 1. The van der Waals surface area contributed by atoms with Gasteiger partial charge < -0.3 is 4.74 Å². The molecule has 1 aromatic carbocycles. The van der Waals surface area contributed by atoms with Crippen molar-refractivity contribution in [3.8, 4) is 11.8 Å². The third-order valence-corrected chi connectivity index (χ3v) is 2.84. The van der Waals surface area contributed by atoms with Crippen molar-refractivity contribution in [1.82, 2.24) is 15.0 Å². The van der Waals surface area contributed by atoms with Crippen molar-refractivity contribution >= 4 is 17.3 Å². The van der Waals surface area contributed by atoms with Gasteiger partial charge in [0.15, 0.2) is 5.69 Å². The van der Waals surface area contributed by atoms with E-state index in [-0.39, 0.29) is 23.0 Å². The van der Waals surface area contributed by atoms with Crippen LogP contribution in [0.1, 0.15) is 11.4 Å². The van der Waals surface area contributed by atoms with Gasteiger partial charge in [-0.25, -0.2) is 4.68 Å². The van der Waals surface area contributed by atoms with Gasteiger partial charge in [0.1, 0.15) is 16.8 Å². The van der Waals surface area contributed by atoms with Crippen LogP contribution in [0.2, 0.25) is 5.02 Å². The Kier molecular flexibility index (Phi) is 3.93. The number of nitriles is 1. The van der Waals surface area contributed by atoms with E-state index in [0.717, 1.165) is 0 Å². The molecule has 2 rings (SSSR count). The second-order valence-corrected chi connectivity index (χ2v) is 4.14. The van der Waals surface area contributed by atoms with Crippen LogP contribution in [0, 0.1) is 21.4 Å². The number of methoxy groups -OCH3 is 1. The minimum Gasteiger partial charge on any atom is -0.378 e. The maximum absolute atomic E-state index is 10.9.